The first-order valence-electron chi connectivity index (χ1n) is 8.52. The summed E-state index contributed by atoms with van der Waals surface area (Å²) in [5.41, 5.74) is 0.479. The van der Waals surface area contributed by atoms with Gasteiger partial charge in [0.25, 0.3) is 5.91 Å². The molecule has 1 amide bonds. The minimum atomic E-state index is -0.408. The summed E-state index contributed by atoms with van der Waals surface area (Å²) in [5, 5.41) is 0. The zero-order valence-corrected chi connectivity index (χ0v) is 15.8. The van der Waals surface area contributed by atoms with Gasteiger partial charge in [-0.1, -0.05) is 19.1 Å². The van der Waals surface area contributed by atoms with Crippen molar-refractivity contribution < 1.29 is 23.8 Å². The predicted molar refractivity (Wildman–Crippen MR) is 95.8 cm³/mol. The van der Waals surface area contributed by atoms with E-state index in [2.05, 4.69) is 0 Å². The van der Waals surface area contributed by atoms with Gasteiger partial charge in [0.2, 0.25) is 0 Å². The van der Waals surface area contributed by atoms with Gasteiger partial charge in [0, 0.05) is 19.7 Å². The summed E-state index contributed by atoms with van der Waals surface area (Å²) in [6.07, 6.45) is 0.833. The predicted octanol–water partition coefficient (Wildman–Crippen LogP) is 2.76. The average Bonchev–Trinajstić information content (AvgIpc) is 2.62. The zero-order valence-electron chi connectivity index (χ0n) is 15.8. The number of benzene rings is 1. The molecule has 6 nitrogen and oxygen atoms in total. The highest BCUT2D eigenvalue weighted by Crippen LogP contribution is 2.20. The number of hydrogen-bond donors (Lipinski definition) is 0. The molecule has 0 saturated carbocycles. The lowest BCUT2D eigenvalue weighted by molar-refractivity contribution is -0.145. The van der Waals surface area contributed by atoms with E-state index in [0.29, 0.717) is 30.9 Å². The molecule has 0 aliphatic rings. The Morgan fingerprint density at radius 1 is 1.12 bits per heavy atom. The molecule has 1 aromatic carbocycles. The molecular formula is C19H29NO5. The Balaban J connectivity index is 2.87. The van der Waals surface area contributed by atoms with Crippen molar-refractivity contribution in [3.63, 3.8) is 0 Å². The largest absolute Gasteiger partial charge is 0.496 e. The van der Waals surface area contributed by atoms with Crippen molar-refractivity contribution in [1.82, 2.24) is 4.90 Å². The molecule has 1 rings (SSSR count). The molecule has 0 saturated heterocycles. The van der Waals surface area contributed by atoms with Crippen molar-refractivity contribution in [3.8, 4) is 5.75 Å². The molecule has 0 spiro atoms. The maximum absolute atomic E-state index is 13.0. The van der Waals surface area contributed by atoms with E-state index in [1.807, 2.05) is 19.9 Å². The number of carbonyl (C=O) groups excluding carboxylic acids is 2. The standard InChI is InChI=1S/C19H29NO5/c1-14(2)25-12-8-11-20(13-15(3)19(22)24-5)18(21)16-9-6-7-10-17(16)23-4/h6-7,9-10,14-15H,8,11-13H2,1-5H3. The number of para-hydroxylation sites is 1. The van der Waals surface area contributed by atoms with E-state index >= 15 is 0 Å². The Labute approximate surface area is 150 Å². The van der Waals surface area contributed by atoms with Crippen molar-refractivity contribution >= 4 is 11.9 Å². The third-order valence-corrected chi connectivity index (χ3v) is 3.75. The molecular weight excluding hydrogens is 322 g/mol. The van der Waals surface area contributed by atoms with Gasteiger partial charge in [-0.25, -0.2) is 0 Å². The molecule has 1 aromatic rings. The van der Waals surface area contributed by atoms with Gasteiger partial charge in [-0.05, 0) is 32.4 Å². The molecule has 0 N–H and O–H groups in total. The van der Waals surface area contributed by atoms with Crippen LogP contribution in [0.25, 0.3) is 0 Å². The van der Waals surface area contributed by atoms with Gasteiger partial charge in [0.05, 0.1) is 31.8 Å². The first-order chi connectivity index (χ1) is 11.9. The third kappa shape index (κ3) is 6.74. The molecule has 0 bridgehead atoms. The normalized spacial score (nSPS) is 11.9. The molecule has 25 heavy (non-hydrogen) atoms. The second-order valence-corrected chi connectivity index (χ2v) is 6.15. The van der Waals surface area contributed by atoms with Crippen LogP contribution in [0.3, 0.4) is 0 Å². The summed E-state index contributed by atoms with van der Waals surface area (Å²) < 4.78 is 15.6. The summed E-state index contributed by atoms with van der Waals surface area (Å²) in [5.74, 6) is -0.398. The van der Waals surface area contributed by atoms with Crippen LogP contribution in [0.1, 0.15) is 37.6 Å². The molecule has 6 heteroatoms. The van der Waals surface area contributed by atoms with Crippen LogP contribution in [-0.2, 0) is 14.3 Å². The summed E-state index contributed by atoms with van der Waals surface area (Å²) in [7, 11) is 2.88. The van der Waals surface area contributed by atoms with Crippen molar-refractivity contribution in [2.24, 2.45) is 5.92 Å². The van der Waals surface area contributed by atoms with Gasteiger partial charge >= 0.3 is 5.97 Å². The topological polar surface area (TPSA) is 65.1 Å². The van der Waals surface area contributed by atoms with E-state index in [1.54, 1.807) is 30.0 Å². The van der Waals surface area contributed by atoms with E-state index in [-0.39, 0.29) is 24.5 Å². The second-order valence-electron chi connectivity index (χ2n) is 6.15. The molecule has 0 heterocycles. The maximum atomic E-state index is 13.0. The highest BCUT2D eigenvalue weighted by Gasteiger charge is 2.24. The fourth-order valence-electron chi connectivity index (χ4n) is 2.45. The minimum absolute atomic E-state index is 0.146. The van der Waals surface area contributed by atoms with Crippen molar-refractivity contribution in [3.05, 3.63) is 29.8 Å². The maximum Gasteiger partial charge on any atom is 0.310 e. The van der Waals surface area contributed by atoms with E-state index in [1.165, 1.54) is 14.2 Å². The van der Waals surface area contributed by atoms with Crippen LogP contribution in [0, 0.1) is 5.92 Å². The number of amides is 1. The Morgan fingerprint density at radius 3 is 2.40 bits per heavy atom. The van der Waals surface area contributed by atoms with Crippen LogP contribution in [-0.4, -0.2) is 56.8 Å². The zero-order chi connectivity index (χ0) is 18.8. The number of nitrogens with zero attached hydrogens (tertiary/aromatic N) is 1. The Hall–Kier alpha value is -2.08. The monoisotopic (exact) mass is 351 g/mol. The lowest BCUT2D eigenvalue weighted by Gasteiger charge is -2.26. The van der Waals surface area contributed by atoms with Crippen molar-refractivity contribution in [2.75, 3.05) is 33.9 Å². The summed E-state index contributed by atoms with van der Waals surface area (Å²) in [6, 6.07) is 7.08. The quantitative estimate of drug-likeness (QED) is 0.479. The van der Waals surface area contributed by atoms with E-state index < -0.39 is 5.92 Å². The van der Waals surface area contributed by atoms with Crippen LogP contribution in [0.15, 0.2) is 24.3 Å². The van der Waals surface area contributed by atoms with Crippen LogP contribution in [0.5, 0.6) is 5.75 Å². The highest BCUT2D eigenvalue weighted by molar-refractivity contribution is 5.97. The van der Waals surface area contributed by atoms with Gasteiger partial charge in [-0.2, -0.15) is 0 Å². The number of carbonyl (C=O) groups is 2. The van der Waals surface area contributed by atoms with Gasteiger partial charge in [0.15, 0.2) is 0 Å². The molecule has 0 radical (unpaired) electrons. The Bertz CT molecular complexity index is 559. The summed E-state index contributed by atoms with van der Waals surface area (Å²) in [6.45, 7) is 7.02. The van der Waals surface area contributed by atoms with Gasteiger partial charge in [0.1, 0.15) is 5.75 Å². The minimum Gasteiger partial charge on any atom is -0.496 e. The lowest BCUT2D eigenvalue weighted by Crippen LogP contribution is -2.38. The number of rotatable bonds is 10. The lowest BCUT2D eigenvalue weighted by atomic mass is 10.1. The third-order valence-electron chi connectivity index (χ3n) is 3.75. The first-order valence-corrected chi connectivity index (χ1v) is 8.52. The highest BCUT2D eigenvalue weighted by atomic mass is 16.5. The van der Waals surface area contributed by atoms with E-state index in [0.717, 1.165) is 0 Å². The first kappa shape index (κ1) is 21.0. The Morgan fingerprint density at radius 2 is 1.80 bits per heavy atom. The summed E-state index contributed by atoms with van der Waals surface area (Å²) in [4.78, 5) is 26.3. The average molecular weight is 351 g/mol. The van der Waals surface area contributed by atoms with Crippen LogP contribution in [0.2, 0.25) is 0 Å². The van der Waals surface area contributed by atoms with Gasteiger partial charge in [-0.3, -0.25) is 9.59 Å². The van der Waals surface area contributed by atoms with E-state index in [9.17, 15) is 9.59 Å². The van der Waals surface area contributed by atoms with E-state index in [4.69, 9.17) is 14.2 Å². The molecule has 0 aliphatic carbocycles. The molecule has 140 valence electrons. The second kappa shape index (κ2) is 10.7. The summed E-state index contributed by atoms with van der Waals surface area (Å²) >= 11 is 0. The molecule has 1 atom stereocenters. The number of methoxy groups -OCH3 is 2. The van der Waals surface area contributed by atoms with Crippen LogP contribution in [0.4, 0.5) is 0 Å². The molecule has 0 aromatic heterocycles. The number of ether oxygens (including phenoxy) is 3. The van der Waals surface area contributed by atoms with Gasteiger partial charge < -0.3 is 19.1 Å². The van der Waals surface area contributed by atoms with Crippen molar-refractivity contribution in [1.29, 1.82) is 0 Å². The molecule has 0 aliphatic heterocycles. The molecule has 0 fully saturated rings. The number of esters is 1. The van der Waals surface area contributed by atoms with Crippen molar-refractivity contribution in [2.45, 2.75) is 33.3 Å². The smallest absolute Gasteiger partial charge is 0.310 e. The SMILES string of the molecule is COC(=O)C(C)CN(CCCOC(C)C)C(=O)c1ccccc1OC. The molecule has 1 unspecified atom stereocenters. The van der Waals surface area contributed by atoms with Crippen LogP contribution >= 0.6 is 0 Å². The fourth-order valence-corrected chi connectivity index (χ4v) is 2.45. The Kier molecular flexibility index (Phi) is 8.99. The van der Waals surface area contributed by atoms with Crippen LogP contribution < -0.4 is 4.74 Å². The van der Waals surface area contributed by atoms with Gasteiger partial charge in [-0.15, -0.1) is 0 Å². The fraction of sp³-hybridized carbons (Fsp3) is 0.579. The number of hydrogen-bond acceptors (Lipinski definition) is 5.